The fourth-order valence-corrected chi connectivity index (χ4v) is 3.65. The van der Waals surface area contributed by atoms with Crippen molar-refractivity contribution < 1.29 is 13.9 Å². The van der Waals surface area contributed by atoms with Crippen molar-refractivity contribution in [2.45, 2.75) is 32.9 Å². The number of hydrogen-bond donors (Lipinski definition) is 1. The van der Waals surface area contributed by atoms with E-state index < -0.39 is 0 Å². The number of amides is 1. The molecule has 0 bridgehead atoms. The fourth-order valence-electron chi connectivity index (χ4n) is 3.65. The lowest BCUT2D eigenvalue weighted by atomic mass is 10.1. The van der Waals surface area contributed by atoms with Gasteiger partial charge in [0.15, 0.2) is 0 Å². The molecular weight excluding hydrogens is 435 g/mol. The van der Waals surface area contributed by atoms with E-state index in [0.717, 1.165) is 5.56 Å². The summed E-state index contributed by atoms with van der Waals surface area (Å²) in [5.74, 6) is -0.641. The quantitative estimate of drug-likeness (QED) is 0.383. The third-order valence-corrected chi connectivity index (χ3v) is 5.30. The molecule has 0 saturated heterocycles. The number of aromatic nitrogens is 3. The molecule has 0 aliphatic carbocycles. The normalized spacial score (nSPS) is 11.3. The lowest BCUT2D eigenvalue weighted by Crippen LogP contribution is -2.27. The zero-order valence-corrected chi connectivity index (χ0v) is 19.2. The number of benzene rings is 2. The first kappa shape index (κ1) is 23.4. The smallest absolute Gasteiger partial charge is 0.282 e. The molecule has 0 radical (unpaired) electrons. The summed E-state index contributed by atoms with van der Waals surface area (Å²) in [5.41, 5.74) is 2.11. The largest absolute Gasteiger partial charge is 0.379 e. The van der Waals surface area contributed by atoms with Gasteiger partial charge in [0, 0.05) is 32.1 Å². The molecule has 2 aromatic rings. The lowest BCUT2D eigenvalue weighted by Gasteiger charge is -2.13. The highest BCUT2D eigenvalue weighted by Crippen LogP contribution is 2.23. The van der Waals surface area contributed by atoms with Gasteiger partial charge in [0.25, 0.3) is 11.5 Å². The van der Waals surface area contributed by atoms with Crippen LogP contribution in [0.3, 0.4) is 0 Å². The number of carbonyl (C=O) groups excluding carboxylic acids is 1. The van der Waals surface area contributed by atoms with E-state index in [9.17, 15) is 14.0 Å². The summed E-state index contributed by atoms with van der Waals surface area (Å²) in [4.78, 5) is 26.3. The number of fused-ring (bicyclic) bond motifs is 1. The Morgan fingerprint density at radius 3 is 2.53 bits per heavy atom. The van der Waals surface area contributed by atoms with Crippen LogP contribution in [0.15, 0.2) is 71.8 Å². The first-order valence-electron chi connectivity index (χ1n) is 11.2. The van der Waals surface area contributed by atoms with Crippen LogP contribution in [0.5, 0.6) is 0 Å². The number of pyridine rings is 1. The summed E-state index contributed by atoms with van der Waals surface area (Å²) in [7, 11) is 0. The van der Waals surface area contributed by atoms with Crippen molar-refractivity contribution in [2.24, 2.45) is 0 Å². The van der Waals surface area contributed by atoms with E-state index in [4.69, 9.17) is 4.74 Å². The standard InChI is InChI=1S/C26H27FN4O3/c1-18(2)34-14-6-13-28-25(32)22-16-30(15-19-9-11-20(27)12-10-19)17-23-24(22)29-31(26(23)33)21-7-4-3-5-8-21/h3-5,7-12,16-18H,6,13-15H2,1-2H3,(H,28,32). The number of nitrogens with zero attached hydrogens (tertiary/aromatic N) is 3. The number of hydrogen-bond acceptors (Lipinski definition) is 4. The van der Waals surface area contributed by atoms with Crippen molar-refractivity contribution in [1.29, 1.82) is 0 Å². The third-order valence-electron chi connectivity index (χ3n) is 5.30. The summed E-state index contributed by atoms with van der Waals surface area (Å²) in [5, 5.41) is 7.39. The Bertz CT molecular complexity index is 1280. The van der Waals surface area contributed by atoms with Gasteiger partial charge >= 0.3 is 0 Å². The molecule has 34 heavy (non-hydrogen) atoms. The minimum absolute atomic E-state index is 0.132. The maximum Gasteiger partial charge on any atom is 0.282 e. The molecule has 1 N–H and O–H groups in total. The molecule has 0 fully saturated rings. The molecule has 0 saturated carbocycles. The average Bonchev–Trinajstić information content (AvgIpc) is 3.16. The van der Waals surface area contributed by atoms with Gasteiger partial charge in [-0.2, -0.15) is 9.78 Å². The number of nitrogens with one attached hydrogen (secondary N) is 1. The number of rotatable bonds is 9. The third kappa shape index (κ3) is 5.40. The maximum atomic E-state index is 13.3. The number of para-hydroxylation sites is 1. The van der Waals surface area contributed by atoms with E-state index in [2.05, 4.69) is 10.4 Å². The highest BCUT2D eigenvalue weighted by molar-refractivity contribution is 5.99. The summed E-state index contributed by atoms with van der Waals surface area (Å²) in [6.07, 6.45) is 4.15. The van der Waals surface area contributed by atoms with Crippen molar-refractivity contribution >= 4 is 5.91 Å². The van der Waals surface area contributed by atoms with Crippen LogP contribution in [0.1, 0.15) is 36.2 Å². The fraction of sp³-hybridized carbons (Fsp3) is 0.269. The second kappa shape index (κ2) is 10.4. The Morgan fingerprint density at radius 2 is 1.82 bits per heavy atom. The zero-order valence-electron chi connectivity index (χ0n) is 19.2. The zero-order chi connectivity index (χ0) is 24.1. The predicted molar refractivity (Wildman–Crippen MR) is 128 cm³/mol. The topological polar surface area (TPSA) is 78.1 Å². The van der Waals surface area contributed by atoms with Crippen LogP contribution in [-0.2, 0) is 11.3 Å². The van der Waals surface area contributed by atoms with E-state index in [0.29, 0.717) is 48.6 Å². The minimum Gasteiger partial charge on any atom is -0.379 e. The number of ether oxygens (including phenoxy) is 1. The highest BCUT2D eigenvalue weighted by atomic mass is 19.1. The van der Waals surface area contributed by atoms with Gasteiger partial charge in [-0.1, -0.05) is 30.3 Å². The summed E-state index contributed by atoms with van der Waals surface area (Å²) in [6, 6.07) is 15.2. The second-order valence-corrected chi connectivity index (χ2v) is 8.31. The van der Waals surface area contributed by atoms with Gasteiger partial charge in [0.1, 0.15) is 11.5 Å². The number of carbonyl (C=O) groups is 1. The highest BCUT2D eigenvalue weighted by Gasteiger charge is 2.24. The molecule has 176 valence electrons. The molecule has 8 heteroatoms. The van der Waals surface area contributed by atoms with Gasteiger partial charge in [0.2, 0.25) is 0 Å². The Hall–Kier alpha value is -3.78. The molecule has 7 nitrogen and oxygen atoms in total. The molecule has 2 aliphatic heterocycles. The van der Waals surface area contributed by atoms with E-state index in [1.165, 1.54) is 16.8 Å². The summed E-state index contributed by atoms with van der Waals surface area (Å²) >= 11 is 0. The summed E-state index contributed by atoms with van der Waals surface area (Å²) < 4.78 is 21.9. The van der Waals surface area contributed by atoms with E-state index in [1.54, 1.807) is 41.2 Å². The van der Waals surface area contributed by atoms with Crippen LogP contribution in [0.4, 0.5) is 4.39 Å². The molecule has 0 aromatic heterocycles. The second-order valence-electron chi connectivity index (χ2n) is 8.31. The van der Waals surface area contributed by atoms with Crippen molar-refractivity contribution in [2.75, 3.05) is 13.2 Å². The first-order chi connectivity index (χ1) is 16.4. The molecule has 0 spiro atoms. The minimum atomic E-state index is -0.323. The van der Waals surface area contributed by atoms with Crippen molar-refractivity contribution in [3.8, 4) is 16.9 Å². The Morgan fingerprint density at radius 1 is 1.09 bits per heavy atom. The molecular formula is C26H27FN4O3. The Labute approximate surface area is 197 Å². The SMILES string of the molecule is CC(C)OCCCNC(=O)c1cn(Cc2ccc(F)cc2)cc2c(=O)n(-c3ccccc3)nc1-2. The molecule has 0 atom stereocenters. The van der Waals surface area contributed by atoms with E-state index in [-0.39, 0.29) is 23.4 Å². The van der Waals surface area contributed by atoms with Crippen LogP contribution < -0.4 is 10.9 Å². The molecule has 2 heterocycles. The van der Waals surface area contributed by atoms with Crippen molar-refractivity contribution in [3.05, 3.63) is 94.3 Å². The first-order valence-corrected chi connectivity index (χ1v) is 11.2. The van der Waals surface area contributed by atoms with E-state index >= 15 is 0 Å². The Kier molecular flexibility index (Phi) is 7.18. The van der Waals surface area contributed by atoms with Gasteiger partial charge in [-0.25, -0.2) is 4.39 Å². The van der Waals surface area contributed by atoms with Crippen LogP contribution in [0.25, 0.3) is 16.9 Å². The van der Waals surface area contributed by atoms with Gasteiger partial charge < -0.3 is 14.6 Å². The van der Waals surface area contributed by atoms with Crippen LogP contribution in [-0.4, -0.2) is 39.5 Å². The van der Waals surface area contributed by atoms with Crippen molar-refractivity contribution in [3.63, 3.8) is 0 Å². The average molecular weight is 463 g/mol. The summed E-state index contributed by atoms with van der Waals surface area (Å²) in [6.45, 7) is 5.27. The molecule has 4 rings (SSSR count). The van der Waals surface area contributed by atoms with Crippen LogP contribution >= 0.6 is 0 Å². The van der Waals surface area contributed by atoms with Gasteiger partial charge in [0.05, 0.1) is 22.9 Å². The molecule has 1 amide bonds. The predicted octanol–water partition coefficient (Wildman–Crippen LogP) is 3.87. The van der Waals surface area contributed by atoms with Gasteiger partial charge in [-0.05, 0) is 50.1 Å². The van der Waals surface area contributed by atoms with Gasteiger partial charge in [-0.3, -0.25) is 9.59 Å². The molecule has 2 aromatic carbocycles. The van der Waals surface area contributed by atoms with Crippen molar-refractivity contribution in [1.82, 2.24) is 19.7 Å². The molecule has 2 aliphatic rings. The maximum absolute atomic E-state index is 13.3. The number of halogens is 1. The van der Waals surface area contributed by atoms with Crippen LogP contribution in [0.2, 0.25) is 0 Å². The van der Waals surface area contributed by atoms with Gasteiger partial charge in [-0.15, -0.1) is 0 Å². The monoisotopic (exact) mass is 462 g/mol. The Balaban J connectivity index is 1.68. The lowest BCUT2D eigenvalue weighted by molar-refractivity contribution is 0.0757. The van der Waals surface area contributed by atoms with E-state index in [1.807, 2.05) is 32.0 Å². The van der Waals surface area contributed by atoms with Crippen LogP contribution in [0, 0.1) is 5.82 Å². The molecule has 0 unspecified atom stereocenters.